The number of benzene rings is 1. The van der Waals surface area contributed by atoms with Gasteiger partial charge in [-0.1, -0.05) is 29.8 Å². The number of amides is 2. The Balaban J connectivity index is 2.51. The topological polar surface area (TPSA) is 69.6 Å². The summed E-state index contributed by atoms with van der Waals surface area (Å²) in [5, 5.41) is 11.6. The minimum Gasteiger partial charge on any atom is -0.481 e. The SMILES string of the molecule is Cc1ccc(CN(C)C(=O)NCC(C)(C)C(=O)O)cc1. The molecule has 5 nitrogen and oxygen atoms in total. The molecular weight excluding hydrogens is 256 g/mol. The van der Waals surface area contributed by atoms with Crippen LogP contribution in [0.5, 0.6) is 0 Å². The Labute approximate surface area is 119 Å². The number of hydrogen-bond donors (Lipinski definition) is 2. The molecule has 0 aromatic heterocycles. The molecule has 1 aromatic carbocycles. The summed E-state index contributed by atoms with van der Waals surface area (Å²) in [7, 11) is 1.68. The molecule has 0 heterocycles. The molecule has 2 N–H and O–H groups in total. The van der Waals surface area contributed by atoms with Crippen molar-refractivity contribution in [1.29, 1.82) is 0 Å². The molecule has 0 aliphatic heterocycles. The molecule has 0 aliphatic rings. The zero-order chi connectivity index (χ0) is 15.3. The summed E-state index contributed by atoms with van der Waals surface area (Å²) in [5.41, 5.74) is 1.23. The zero-order valence-corrected chi connectivity index (χ0v) is 12.4. The summed E-state index contributed by atoms with van der Waals surface area (Å²) in [6.45, 7) is 5.75. The van der Waals surface area contributed by atoms with E-state index in [-0.39, 0.29) is 12.6 Å². The minimum atomic E-state index is -0.972. The Hall–Kier alpha value is -2.04. The lowest BCUT2D eigenvalue weighted by Crippen LogP contribution is -2.43. The van der Waals surface area contributed by atoms with E-state index in [1.807, 2.05) is 31.2 Å². The quantitative estimate of drug-likeness (QED) is 0.868. The molecule has 0 spiro atoms. The predicted molar refractivity (Wildman–Crippen MR) is 77.5 cm³/mol. The Bertz CT molecular complexity index is 480. The molecule has 0 unspecified atom stereocenters. The van der Waals surface area contributed by atoms with Crippen molar-refractivity contribution in [3.05, 3.63) is 35.4 Å². The fourth-order valence-electron chi connectivity index (χ4n) is 1.55. The number of hydrogen-bond acceptors (Lipinski definition) is 2. The second-order valence-electron chi connectivity index (χ2n) is 5.69. The van der Waals surface area contributed by atoms with Crippen LogP contribution in [0.4, 0.5) is 4.79 Å². The van der Waals surface area contributed by atoms with Crippen LogP contribution in [0.15, 0.2) is 24.3 Å². The van der Waals surface area contributed by atoms with Crippen LogP contribution in [0.2, 0.25) is 0 Å². The first-order valence-electron chi connectivity index (χ1n) is 6.50. The third-order valence-electron chi connectivity index (χ3n) is 3.15. The average Bonchev–Trinajstić information content (AvgIpc) is 2.38. The van der Waals surface area contributed by atoms with Crippen LogP contribution < -0.4 is 5.32 Å². The molecule has 20 heavy (non-hydrogen) atoms. The average molecular weight is 278 g/mol. The smallest absolute Gasteiger partial charge is 0.317 e. The molecular formula is C15H22N2O3. The van der Waals surface area contributed by atoms with Gasteiger partial charge in [0.15, 0.2) is 0 Å². The first kappa shape index (κ1) is 16.0. The number of nitrogens with one attached hydrogen (secondary N) is 1. The van der Waals surface area contributed by atoms with Gasteiger partial charge in [0, 0.05) is 20.1 Å². The van der Waals surface area contributed by atoms with Gasteiger partial charge in [-0.25, -0.2) is 4.79 Å². The van der Waals surface area contributed by atoms with E-state index in [2.05, 4.69) is 5.32 Å². The number of carbonyl (C=O) groups excluding carboxylic acids is 1. The van der Waals surface area contributed by atoms with Gasteiger partial charge in [-0.15, -0.1) is 0 Å². The van der Waals surface area contributed by atoms with Crippen LogP contribution in [0, 0.1) is 12.3 Å². The number of rotatable bonds is 5. The summed E-state index contributed by atoms with van der Waals surface area (Å²) in [6, 6.07) is 7.66. The molecule has 0 atom stereocenters. The Morgan fingerprint density at radius 1 is 1.25 bits per heavy atom. The summed E-state index contributed by atoms with van der Waals surface area (Å²) in [4.78, 5) is 24.4. The highest BCUT2D eigenvalue weighted by atomic mass is 16.4. The molecule has 110 valence electrons. The number of carboxylic acids is 1. The van der Waals surface area contributed by atoms with E-state index in [1.165, 1.54) is 10.5 Å². The fraction of sp³-hybridized carbons (Fsp3) is 0.467. The van der Waals surface area contributed by atoms with Crippen molar-refractivity contribution in [3.8, 4) is 0 Å². The van der Waals surface area contributed by atoms with E-state index in [0.29, 0.717) is 6.54 Å². The maximum absolute atomic E-state index is 11.9. The monoisotopic (exact) mass is 278 g/mol. The second-order valence-corrected chi connectivity index (χ2v) is 5.69. The van der Waals surface area contributed by atoms with Gasteiger partial charge < -0.3 is 15.3 Å². The molecule has 0 bridgehead atoms. The van der Waals surface area contributed by atoms with Crippen molar-refractivity contribution in [3.63, 3.8) is 0 Å². The van der Waals surface area contributed by atoms with E-state index in [4.69, 9.17) is 5.11 Å². The number of aryl methyl sites for hydroxylation is 1. The molecule has 0 aliphatic carbocycles. The van der Waals surface area contributed by atoms with Gasteiger partial charge in [0.1, 0.15) is 0 Å². The number of aliphatic carboxylic acids is 1. The normalized spacial score (nSPS) is 11.0. The highest BCUT2D eigenvalue weighted by molar-refractivity contribution is 5.77. The lowest BCUT2D eigenvalue weighted by atomic mass is 9.94. The number of nitrogens with zero attached hydrogens (tertiary/aromatic N) is 1. The molecule has 0 radical (unpaired) electrons. The van der Waals surface area contributed by atoms with Crippen LogP contribution in [0.25, 0.3) is 0 Å². The third-order valence-corrected chi connectivity index (χ3v) is 3.15. The Morgan fingerprint density at radius 3 is 2.30 bits per heavy atom. The van der Waals surface area contributed by atoms with Crippen molar-refractivity contribution in [2.24, 2.45) is 5.41 Å². The van der Waals surface area contributed by atoms with Crippen molar-refractivity contribution >= 4 is 12.0 Å². The van der Waals surface area contributed by atoms with E-state index < -0.39 is 11.4 Å². The molecule has 2 amide bonds. The van der Waals surface area contributed by atoms with Gasteiger partial charge in [0.2, 0.25) is 0 Å². The van der Waals surface area contributed by atoms with Crippen LogP contribution in [0.1, 0.15) is 25.0 Å². The number of urea groups is 1. The van der Waals surface area contributed by atoms with Crippen molar-refractivity contribution < 1.29 is 14.7 Å². The van der Waals surface area contributed by atoms with Crippen LogP contribution >= 0.6 is 0 Å². The Morgan fingerprint density at radius 2 is 1.80 bits per heavy atom. The van der Waals surface area contributed by atoms with Crippen molar-refractivity contribution in [1.82, 2.24) is 10.2 Å². The summed E-state index contributed by atoms with van der Waals surface area (Å²) >= 11 is 0. The molecule has 0 saturated heterocycles. The first-order valence-corrected chi connectivity index (χ1v) is 6.50. The predicted octanol–water partition coefficient (Wildman–Crippen LogP) is 2.25. The molecule has 5 heteroatoms. The van der Waals surface area contributed by atoms with E-state index in [9.17, 15) is 9.59 Å². The minimum absolute atomic E-state index is 0.0966. The van der Waals surface area contributed by atoms with E-state index in [1.54, 1.807) is 20.9 Å². The van der Waals surface area contributed by atoms with Gasteiger partial charge in [0.25, 0.3) is 0 Å². The van der Waals surface area contributed by atoms with Crippen LogP contribution in [0.3, 0.4) is 0 Å². The highest BCUT2D eigenvalue weighted by Gasteiger charge is 2.27. The van der Waals surface area contributed by atoms with E-state index in [0.717, 1.165) is 5.56 Å². The van der Waals surface area contributed by atoms with Crippen molar-refractivity contribution in [2.45, 2.75) is 27.3 Å². The Kier molecular flexibility index (Phi) is 5.13. The van der Waals surface area contributed by atoms with Gasteiger partial charge in [-0.05, 0) is 26.3 Å². The zero-order valence-electron chi connectivity index (χ0n) is 12.4. The fourth-order valence-corrected chi connectivity index (χ4v) is 1.55. The van der Waals surface area contributed by atoms with Gasteiger partial charge in [-0.3, -0.25) is 4.79 Å². The van der Waals surface area contributed by atoms with Crippen LogP contribution in [-0.2, 0) is 11.3 Å². The molecule has 0 saturated carbocycles. The lowest BCUT2D eigenvalue weighted by molar-refractivity contribution is -0.146. The molecule has 0 fully saturated rings. The molecule has 1 rings (SSSR count). The molecule has 1 aromatic rings. The van der Waals surface area contributed by atoms with Gasteiger partial charge >= 0.3 is 12.0 Å². The summed E-state index contributed by atoms with van der Waals surface area (Å²) in [6.07, 6.45) is 0. The number of carboxylic acid groups (broad SMARTS) is 1. The lowest BCUT2D eigenvalue weighted by Gasteiger charge is -2.23. The third kappa shape index (κ3) is 4.57. The highest BCUT2D eigenvalue weighted by Crippen LogP contribution is 2.13. The second kappa shape index (κ2) is 6.41. The standard InChI is InChI=1S/C15H22N2O3/c1-11-5-7-12(8-6-11)9-17(4)14(20)16-10-15(2,3)13(18)19/h5-8H,9-10H2,1-4H3,(H,16,20)(H,18,19). The summed E-state index contributed by atoms with van der Waals surface area (Å²) < 4.78 is 0. The van der Waals surface area contributed by atoms with Crippen molar-refractivity contribution in [2.75, 3.05) is 13.6 Å². The largest absolute Gasteiger partial charge is 0.481 e. The van der Waals surface area contributed by atoms with E-state index >= 15 is 0 Å². The van der Waals surface area contributed by atoms with Gasteiger partial charge in [0.05, 0.1) is 5.41 Å². The van der Waals surface area contributed by atoms with Gasteiger partial charge in [-0.2, -0.15) is 0 Å². The first-order chi connectivity index (χ1) is 9.22. The van der Waals surface area contributed by atoms with Crippen LogP contribution in [-0.4, -0.2) is 35.6 Å². The number of carbonyl (C=O) groups is 2. The summed E-state index contributed by atoms with van der Waals surface area (Å²) in [5.74, 6) is -0.931. The maximum atomic E-state index is 11.9. The maximum Gasteiger partial charge on any atom is 0.317 e.